The van der Waals surface area contributed by atoms with Gasteiger partial charge in [-0.05, 0) is 18.9 Å². The molecule has 0 unspecified atom stereocenters. The molecule has 2 fully saturated rings. The molecule has 1 amide bonds. The van der Waals surface area contributed by atoms with Crippen LogP contribution >= 0.6 is 0 Å². The number of carbonyl (C=O) groups excluding carboxylic acids is 1. The first-order valence-electron chi connectivity index (χ1n) is 10.3. The maximum atomic E-state index is 12.6. The zero-order valence-electron chi connectivity index (χ0n) is 18.0. The van der Waals surface area contributed by atoms with Gasteiger partial charge in [-0.3, -0.25) is 9.48 Å². The number of alkyl halides is 3. The number of rotatable bonds is 4. The van der Waals surface area contributed by atoms with E-state index >= 15 is 0 Å². The molecule has 34 heavy (non-hydrogen) atoms. The van der Waals surface area contributed by atoms with Gasteiger partial charge in [-0.1, -0.05) is 6.92 Å². The second kappa shape index (κ2) is 8.12. The number of aromatic nitrogens is 5. The molecular formula is C21H20F3N7O3. The molecule has 4 heterocycles. The summed E-state index contributed by atoms with van der Waals surface area (Å²) in [5.74, 6) is -2.55. The molecule has 178 valence electrons. The Morgan fingerprint density at radius 2 is 1.97 bits per heavy atom. The van der Waals surface area contributed by atoms with E-state index in [4.69, 9.17) is 9.90 Å². The molecule has 10 nitrogen and oxygen atoms in total. The van der Waals surface area contributed by atoms with E-state index in [2.05, 4.69) is 26.1 Å². The molecular weight excluding hydrogens is 455 g/mol. The van der Waals surface area contributed by atoms with Crippen LogP contribution in [0.25, 0.3) is 22.3 Å². The summed E-state index contributed by atoms with van der Waals surface area (Å²) in [4.78, 5) is 35.0. The lowest BCUT2D eigenvalue weighted by atomic mass is 9.85. The Bertz CT molecular complexity index is 1280. The summed E-state index contributed by atoms with van der Waals surface area (Å²) in [6.45, 7) is 3.07. The van der Waals surface area contributed by atoms with Crippen LogP contribution in [0.3, 0.4) is 0 Å². The van der Waals surface area contributed by atoms with Crippen molar-refractivity contribution < 1.29 is 27.9 Å². The summed E-state index contributed by atoms with van der Waals surface area (Å²) in [7, 11) is 0. The molecule has 2 N–H and O–H groups in total. The fraction of sp³-hybridized carbons (Fsp3) is 0.429. The number of nitrogens with one attached hydrogen (secondary N) is 1. The molecule has 0 radical (unpaired) electrons. The summed E-state index contributed by atoms with van der Waals surface area (Å²) in [5.41, 5.74) is 1.81. The molecule has 5 rings (SSSR count). The molecule has 1 saturated carbocycles. The van der Waals surface area contributed by atoms with Crippen LogP contribution in [0.15, 0.2) is 31.0 Å². The molecule has 1 aliphatic carbocycles. The number of hydrogen-bond acceptors (Lipinski definition) is 6. The van der Waals surface area contributed by atoms with Crippen LogP contribution in [0.2, 0.25) is 0 Å². The molecule has 1 saturated heterocycles. The first-order valence-corrected chi connectivity index (χ1v) is 10.3. The third-order valence-corrected chi connectivity index (χ3v) is 6.12. The van der Waals surface area contributed by atoms with E-state index in [-0.39, 0.29) is 11.3 Å². The summed E-state index contributed by atoms with van der Waals surface area (Å²) in [6.07, 6.45) is 4.19. The Balaban J connectivity index is 0.000000344. The number of likely N-dealkylation sites (tertiary alicyclic amines) is 1. The number of amides is 1. The van der Waals surface area contributed by atoms with Crippen molar-refractivity contribution in [2.75, 3.05) is 13.1 Å². The number of H-pyrrole nitrogens is 1. The van der Waals surface area contributed by atoms with Crippen LogP contribution in [0, 0.1) is 16.7 Å². The third-order valence-electron chi connectivity index (χ3n) is 6.12. The zero-order valence-corrected chi connectivity index (χ0v) is 18.0. The third kappa shape index (κ3) is 4.18. The monoisotopic (exact) mass is 475 g/mol. The highest BCUT2D eigenvalue weighted by atomic mass is 19.4. The van der Waals surface area contributed by atoms with Crippen LogP contribution in [0.4, 0.5) is 13.2 Å². The first-order chi connectivity index (χ1) is 16.0. The van der Waals surface area contributed by atoms with Gasteiger partial charge < -0.3 is 15.0 Å². The van der Waals surface area contributed by atoms with Gasteiger partial charge in [-0.15, -0.1) is 0 Å². The van der Waals surface area contributed by atoms with E-state index in [1.54, 1.807) is 6.20 Å². The van der Waals surface area contributed by atoms with E-state index in [9.17, 15) is 23.2 Å². The van der Waals surface area contributed by atoms with Crippen molar-refractivity contribution in [2.45, 2.75) is 37.9 Å². The summed E-state index contributed by atoms with van der Waals surface area (Å²) in [6, 6.07) is 4.21. The van der Waals surface area contributed by atoms with Gasteiger partial charge in [0.15, 0.2) is 0 Å². The quantitative estimate of drug-likeness (QED) is 0.591. The lowest BCUT2D eigenvalue weighted by molar-refractivity contribution is -0.192. The predicted molar refractivity (Wildman–Crippen MR) is 111 cm³/mol. The maximum Gasteiger partial charge on any atom is 0.490 e. The van der Waals surface area contributed by atoms with Gasteiger partial charge in [0.1, 0.15) is 17.5 Å². The highest BCUT2D eigenvalue weighted by Crippen LogP contribution is 2.48. The summed E-state index contributed by atoms with van der Waals surface area (Å²) < 4.78 is 33.6. The molecule has 0 spiro atoms. The van der Waals surface area contributed by atoms with E-state index in [1.165, 1.54) is 6.33 Å². The Hall–Kier alpha value is -3.95. The average Bonchev–Trinajstić information content (AvgIpc) is 3.16. The molecule has 13 heteroatoms. The number of nitrogens with zero attached hydrogens (tertiary/aromatic N) is 6. The molecule has 0 bridgehead atoms. The minimum absolute atomic E-state index is 0.186. The van der Waals surface area contributed by atoms with Gasteiger partial charge in [-0.25, -0.2) is 14.8 Å². The Morgan fingerprint density at radius 3 is 2.56 bits per heavy atom. The van der Waals surface area contributed by atoms with Crippen LogP contribution in [-0.4, -0.2) is 65.9 Å². The number of halogens is 3. The standard InChI is InChI=1S/C19H19N7O.C2HF3O2/c1-18(3-4-18)17(27)25-10-19(11-25,5-6-20)26-9-13(8-24-26)15-14-2-7-21-16(14)23-12-22-15;3-2(4,5)1(6)7/h2,7-9,12H,3-5,10-11H2,1H3,(H,21,22,23);(H,6,7). The highest BCUT2D eigenvalue weighted by molar-refractivity contribution is 5.90. The minimum atomic E-state index is -5.08. The lowest BCUT2D eigenvalue weighted by Crippen LogP contribution is -2.65. The maximum absolute atomic E-state index is 12.6. The molecule has 1 aliphatic heterocycles. The van der Waals surface area contributed by atoms with Gasteiger partial charge in [-0.2, -0.15) is 23.5 Å². The molecule has 0 atom stereocenters. The van der Waals surface area contributed by atoms with Crippen molar-refractivity contribution in [3.05, 3.63) is 31.0 Å². The zero-order chi connectivity index (χ0) is 24.7. The van der Waals surface area contributed by atoms with Gasteiger partial charge in [0, 0.05) is 41.8 Å². The van der Waals surface area contributed by atoms with E-state index in [1.807, 2.05) is 35.0 Å². The largest absolute Gasteiger partial charge is 0.490 e. The van der Waals surface area contributed by atoms with Crippen LogP contribution < -0.4 is 0 Å². The first kappa shape index (κ1) is 23.2. The van der Waals surface area contributed by atoms with E-state index in [0.29, 0.717) is 19.5 Å². The van der Waals surface area contributed by atoms with E-state index < -0.39 is 17.7 Å². The highest BCUT2D eigenvalue weighted by Gasteiger charge is 2.54. The number of carboxylic acids is 1. The summed E-state index contributed by atoms with van der Waals surface area (Å²) >= 11 is 0. The van der Waals surface area contributed by atoms with E-state index in [0.717, 1.165) is 35.1 Å². The number of nitriles is 1. The van der Waals surface area contributed by atoms with Gasteiger partial charge in [0.05, 0.1) is 24.4 Å². The normalized spacial score (nSPS) is 17.8. The second-order valence-electron chi connectivity index (χ2n) is 8.72. The van der Waals surface area contributed by atoms with Crippen molar-refractivity contribution >= 4 is 22.9 Å². The topological polar surface area (TPSA) is 141 Å². The lowest BCUT2D eigenvalue weighted by Gasteiger charge is -2.49. The molecule has 3 aromatic rings. The van der Waals surface area contributed by atoms with Crippen LogP contribution in [-0.2, 0) is 15.1 Å². The van der Waals surface area contributed by atoms with Crippen molar-refractivity contribution in [2.24, 2.45) is 5.41 Å². The Labute approximate surface area is 191 Å². The van der Waals surface area contributed by atoms with Gasteiger partial charge >= 0.3 is 12.1 Å². The second-order valence-corrected chi connectivity index (χ2v) is 8.72. The SMILES string of the molecule is CC1(C(=O)N2CC(CC#N)(n3cc(-c4ncnc5[nH]ccc45)cn3)C2)CC1.O=C(O)C(F)(F)F. The number of carbonyl (C=O) groups is 2. The number of carboxylic acid groups (broad SMARTS) is 1. The van der Waals surface area contributed by atoms with Crippen LogP contribution in [0.1, 0.15) is 26.2 Å². The molecule has 3 aromatic heterocycles. The van der Waals surface area contributed by atoms with Gasteiger partial charge in [0.25, 0.3) is 0 Å². The molecule has 0 aromatic carbocycles. The predicted octanol–water partition coefficient (Wildman–Crippen LogP) is 2.71. The number of hydrogen-bond donors (Lipinski definition) is 2. The van der Waals surface area contributed by atoms with Crippen molar-refractivity contribution in [1.29, 1.82) is 5.26 Å². The number of aliphatic carboxylic acids is 1. The van der Waals surface area contributed by atoms with Gasteiger partial charge in [0.2, 0.25) is 5.91 Å². The smallest absolute Gasteiger partial charge is 0.475 e. The fourth-order valence-electron chi connectivity index (χ4n) is 3.88. The Morgan fingerprint density at radius 1 is 1.29 bits per heavy atom. The average molecular weight is 475 g/mol. The van der Waals surface area contributed by atoms with Crippen molar-refractivity contribution in [3.63, 3.8) is 0 Å². The minimum Gasteiger partial charge on any atom is -0.475 e. The fourth-order valence-corrected chi connectivity index (χ4v) is 3.88. The summed E-state index contributed by atoms with van der Waals surface area (Å²) in [5, 5.41) is 21.9. The number of aromatic amines is 1. The van der Waals surface area contributed by atoms with Crippen molar-refractivity contribution in [3.8, 4) is 17.3 Å². The molecule has 2 aliphatic rings. The Kier molecular flexibility index (Phi) is 5.55. The van der Waals surface area contributed by atoms with Crippen LogP contribution in [0.5, 0.6) is 0 Å². The number of fused-ring (bicyclic) bond motifs is 1. The van der Waals surface area contributed by atoms with Crippen molar-refractivity contribution in [1.82, 2.24) is 29.6 Å².